The summed E-state index contributed by atoms with van der Waals surface area (Å²) in [5.74, 6) is -1.40. The van der Waals surface area contributed by atoms with Gasteiger partial charge in [-0.2, -0.15) is 8.42 Å². The van der Waals surface area contributed by atoms with Crippen molar-refractivity contribution in [1.82, 2.24) is 0 Å². The number of methoxy groups -OCH3 is 1. The summed E-state index contributed by atoms with van der Waals surface area (Å²) in [6.45, 7) is 10.3. The zero-order chi connectivity index (χ0) is 36.3. The SMILES string of the molecule is COC1C(OC2CCC3(C)C(C2)C(O)CC2(O)C3CCC3(C)C(C(C)CCC(CCO)C(C)C)C(O)C(OS(=O)(=O)O)C32)OCC(O)C1O. The van der Waals surface area contributed by atoms with Crippen molar-refractivity contribution in [2.75, 3.05) is 20.3 Å². The van der Waals surface area contributed by atoms with Crippen LogP contribution in [0.1, 0.15) is 92.4 Å². The quantitative estimate of drug-likeness (QED) is 0.114. The highest BCUT2D eigenvalue weighted by molar-refractivity contribution is 7.80. The molecule has 0 aromatic carbocycles. The highest BCUT2D eigenvalue weighted by Crippen LogP contribution is 2.70. The summed E-state index contributed by atoms with van der Waals surface area (Å²) in [6, 6.07) is 0. The van der Waals surface area contributed by atoms with Crippen LogP contribution in [0.2, 0.25) is 0 Å². The summed E-state index contributed by atoms with van der Waals surface area (Å²) >= 11 is 0. The molecule has 1 aliphatic heterocycles. The van der Waals surface area contributed by atoms with E-state index < -0.39 is 81.6 Å². The molecule has 1 saturated heterocycles. The zero-order valence-electron chi connectivity index (χ0n) is 29.9. The van der Waals surface area contributed by atoms with Crippen LogP contribution in [0.4, 0.5) is 0 Å². The van der Waals surface area contributed by atoms with Crippen LogP contribution in [0.5, 0.6) is 0 Å². The number of ether oxygens (including phenoxy) is 3. The summed E-state index contributed by atoms with van der Waals surface area (Å²) < 4.78 is 57.1. The standard InChI is InChI=1S/C35H62O13S/c1-18(2)20(11-14-36)8-7-19(3)26-28(40)29(48-49(42,43)44)31-34(26,5)13-10-25-33(4)12-9-21(15-22(33)23(37)16-35(25,31)41)47-32-30(45-6)27(39)24(38)17-46-32/h18-32,36-41H,7-17H2,1-6H3,(H,42,43,44). The van der Waals surface area contributed by atoms with E-state index >= 15 is 0 Å². The van der Waals surface area contributed by atoms with Crippen molar-refractivity contribution in [1.29, 1.82) is 0 Å². The van der Waals surface area contributed by atoms with Gasteiger partial charge in [0, 0.05) is 26.1 Å². The molecule has 4 aliphatic carbocycles. The molecule has 0 spiro atoms. The lowest BCUT2D eigenvalue weighted by molar-refractivity contribution is -0.303. The van der Waals surface area contributed by atoms with E-state index in [1.54, 1.807) is 0 Å². The lowest BCUT2D eigenvalue weighted by Gasteiger charge is -2.66. The minimum Gasteiger partial charge on any atom is -0.396 e. The third-order valence-corrected chi connectivity index (χ3v) is 14.6. The predicted molar refractivity (Wildman–Crippen MR) is 177 cm³/mol. The van der Waals surface area contributed by atoms with Gasteiger partial charge >= 0.3 is 10.4 Å². The van der Waals surface area contributed by atoms with Gasteiger partial charge in [-0.15, -0.1) is 0 Å². The molecule has 0 amide bonds. The Hall–Kier alpha value is -0.490. The topological polar surface area (TPSA) is 213 Å². The maximum Gasteiger partial charge on any atom is 0.397 e. The van der Waals surface area contributed by atoms with E-state index in [1.807, 2.05) is 13.8 Å². The predicted octanol–water partition coefficient (Wildman–Crippen LogP) is 2.05. The first-order chi connectivity index (χ1) is 22.8. The Balaban J connectivity index is 1.41. The smallest absolute Gasteiger partial charge is 0.396 e. The van der Waals surface area contributed by atoms with Crippen LogP contribution in [0.25, 0.3) is 0 Å². The van der Waals surface area contributed by atoms with E-state index in [9.17, 15) is 43.6 Å². The maximum absolute atomic E-state index is 12.9. The van der Waals surface area contributed by atoms with Crippen molar-refractivity contribution in [2.45, 2.75) is 147 Å². The Labute approximate surface area is 291 Å². The summed E-state index contributed by atoms with van der Waals surface area (Å²) in [6.07, 6.45) is -3.10. The summed E-state index contributed by atoms with van der Waals surface area (Å²) in [5.41, 5.74) is -2.92. The Kier molecular flexibility index (Phi) is 11.9. The Bertz CT molecular complexity index is 1240. The molecule has 0 aromatic heterocycles. The molecule has 286 valence electrons. The number of hydrogen-bond acceptors (Lipinski definition) is 12. The second-order valence-electron chi connectivity index (χ2n) is 17.0. The molecule has 49 heavy (non-hydrogen) atoms. The van der Waals surface area contributed by atoms with E-state index in [4.69, 9.17) is 18.4 Å². The monoisotopic (exact) mass is 722 g/mol. The van der Waals surface area contributed by atoms with Gasteiger partial charge in [0.05, 0.1) is 30.5 Å². The van der Waals surface area contributed by atoms with Crippen LogP contribution < -0.4 is 0 Å². The van der Waals surface area contributed by atoms with Gasteiger partial charge < -0.3 is 44.8 Å². The fourth-order valence-electron chi connectivity index (χ4n) is 11.8. The van der Waals surface area contributed by atoms with Gasteiger partial charge in [-0.1, -0.05) is 41.0 Å². The molecule has 13 nitrogen and oxygen atoms in total. The summed E-state index contributed by atoms with van der Waals surface area (Å²) in [7, 11) is -3.58. The lowest BCUT2D eigenvalue weighted by atomic mass is 9.41. The number of aliphatic hydroxyl groups is 6. The zero-order valence-corrected chi connectivity index (χ0v) is 30.7. The van der Waals surface area contributed by atoms with E-state index in [1.165, 1.54) is 7.11 Å². The molecule has 5 rings (SSSR count). The molecule has 1 heterocycles. The molecule has 5 fully saturated rings. The molecule has 5 aliphatic rings. The van der Waals surface area contributed by atoms with Gasteiger partial charge in [-0.3, -0.25) is 4.55 Å². The van der Waals surface area contributed by atoms with E-state index in [0.717, 1.165) is 12.8 Å². The Morgan fingerprint density at radius 2 is 1.59 bits per heavy atom. The van der Waals surface area contributed by atoms with Gasteiger partial charge in [0.2, 0.25) is 0 Å². The van der Waals surface area contributed by atoms with E-state index in [0.29, 0.717) is 44.4 Å². The first kappa shape index (κ1) is 39.7. The molecule has 0 bridgehead atoms. The van der Waals surface area contributed by atoms with Crippen LogP contribution in [0.15, 0.2) is 0 Å². The van der Waals surface area contributed by atoms with Gasteiger partial charge in [-0.05, 0) is 91.3 Å². The highest BCUT2D eigenvalue weighted by atomic mass is 32.3. The van der Waals surface area contributed by atoms with Crippen LogP contribution in [-0.4, -0.2) is 119 Å². The molecule has 0 radical (unpaired) electrons. The molecule has 4 saturated carbocycles. The first-order valence-electron chi connectivity index (χ1n) is 18.3. The van der Waals surface area contributed by atoms with Crippen LogP contribution >= 0.6 is 0 Å². The lowest BCUT2D eigenvalue weighted by Crippen LogP contribution is -2.69. The van der Waals surface area contributed by atoms with E-state index in [2.05, 4.69) is 20.8 Å². The van der Waals surface area contributed by atoms with Crippen LogP contribution in [0, 0.1) is 52.3 Å². The van der Waals surface area contributed by atoms with Crippen molar-refractivity contribution in [3.8, 4) is 0 Å². The number of hydrogen-bond donors (Lipinski definition) is 7. The van der Waals surface area contributed by atoms with Crippen molar-refractivity contribution >= 4 is 10.4 Å². The minimum atomic E-state index is -5.00. The van der Waals surface area contributed by atoms with Crippen molar-refractivity contribution in [2.24, 2.45) is 52.3 Å². The second kappa shape index (κ2) is 14.7. The molecule has 17 unspecified atom stereocenters. The van der Waals surface area contributed by atoms with E-state index in [-0.39, 0.29) is 49.4 Å². The van der Waals surface area contributed by atoms with Crippen molar-refractivity contribution < 1.29 is 62.0 Å². The first-order valence-corrected chi connectivity index (χ1v) is 19.7. The second-order valence-corrected chi connectivity index (χ2v) is 18.1. The fraction of sp³-hybridized carbons (Fsp3) is 1.00. The van der Waals surface area contributed by atoms with Gasteiger partial charge in [-0.25, -0.2) is 4.18 Å². The van der Waals surface area contributed by atoms with Crippen LogP contribution in [-0.2, 0) is 28.8 Å². The van der Waals surface area contributed by atoms with Crippen LogP contribution in [0.3, 0.4) is 0 Å². The van der Waals surface area contributed by atoms with Gasteiger partial charge in [0.25, 0.3) is 0 Å². The van der Waals surface area contributed by atoms with Crippen molar-refractivity contribution in [3.63, 3.8) is 0 Å². The normalized spacial score (nSPS) is 48.4. The minimum absolute atomic E-state index is 0.0541. The van der Waals surface area contributed by atoms with Gasteiger partial charge in [0.1, 0.15) is 24.4 Å². The largest absolute Gasteiger partial charge is 0.397 e. The fourth-order valence-corrected chi connectivity index (χ4v) is 12.3. The Morgan fingerprint density at radius 3 is 2.20 bits per heavy atom. The third-order valence-electron chi connectivity index (χ3n) is 14.1. The number of fused-ring (bicyclic) bond motifs is 5. The molecule has 17 atom stereocenters. The summed E-state index contributed by atoms with van der Waals surface area (Å²) in [4.78, 5) is 0. The average Bonchev–Trinajstić information content (AvgIpc) is 3.22. The molecule has 7 N–H and O–H groups in total. The third kappa shape index (κ3) is 7.25. The molecular weight excluding hydrogens is 660 g/mol. The average molecular weight is 723 g/mol. The number of aliphatic hydroxyl groups excluding tert-OH is 5. The van der Waals surface area contributed by atoms with Gasteiger partial charge in [0.15, 0.2) is 6.29 Å². The Morgan fingerprint density at radius 1 is 0.918 bits per heavy atom. The molecule has 14 heteroatoms. The maximum atomic E-state index is 12.9. The molecular formula is C35H62O13S. The summed E-state index contributed by atoms with van der Waals surface area (Å²) in [5, 5.41) is 66.7. The number of rotatable bonds is 12. The van der Waals surface area contributed by atoms with Crippen molar-refractivity contribution in [3.05, 3.63) is 0 Å². The molecule has 0 aromatic rings. The highest BCUT2D eigenvalue weighted by Gasteiger charge is 2.73.